The number of ether oxygens (including phenoxy) is 1. The number of likely N-dealkylation sites (N-methyl/N-ethyl adjacent to an activating group) is 1. The molecular weight excluding hydrogens is 326 g/mol. The minimum absolute atomic E-state index is 0.282. The lowest BCUT2D eigenvalue weighted by Gasteiger charge is -2.33. The standard InChI is InChI=1S/C21H25N3O2/c1-23-10-12-24(13-11-23)14-16(25)15-26-21-17-6-2-4-8-19(17)22-20-9-5-3-7-18(20)21/h2-9,16,25H,10-15H2,1H3. The Morgan fingerprint density at radius 1 is 0.962 bits per heavy atom. The molecule has 1 saturated heterocycles. The Morgan fingerprint density at radius 3 is 2.15 bits per heavy atom. The first-order valence-corrected chi connectivity index (χ1v) is 9.20. The summed E-state index contributed by atoms with van der Waals surface area (Å²) >= 11 is 0. The van der Waals surface area contributed by atoms with E-state index in [4.69, 9.17) is 9.72 Å². The fourth-order valence-electron chi connectivity index (χ4n) is 3.52. The van der Waals surface area contributed by atoms with Crippen LogP contribution in [0.3, 0.4) is 0 Å². The predicted molar refractivity (Wildman–Crippen MR) is 105 cm³/mol. The molecule has 0 amide bonds. The summed E-state index contributed by atoms with van der Waals surface area (Å²) in [6, 6.07) is 16.0. The van der Waals surface area contributed by atoms with Gasteiger partial charge in [0.25, 0.3) is 0 Å². The first-order chi connectivity index (χ1) is 12.7. The van der Waals surface area contributed by atoms with Gasteiger partial charge in [0.15, 0.2) is 0 Å². The topological polar surface area (TPSA) is 48.8 Å². The molecule has 0 aliphatic carbocycles. The van der Waals surface area contributed by atoms with Gasteiger partial charge in [-0.1, -0.05) is 24.3 Å². The van der Waals surface area contributed by atoms with Gasteiger partial charge in [-0.05, 0) is 31.3 Å². The number of fused-ring (bicyclic) bond motifs is 2. The average Bonchev–Trinajstić information content (AvgIpc) is 2.67. The van der Waals surface area contributed by atoms with Crippen LogP contribution in [0.4, 0.5) is 0 Å². The maximum absolute atomic E-state index is 10.5. The highest BCUT2D eigenvalue weighted by Gasteiger charge is 2.18. The molecule has 1 aromatic heterocycles. The summed E-state index contributed by atoms with van der Waals surface area (Å²) in [5.74, 6) is 0.809. The monoisotopic (exact) mass is 351 g/mol. The van der Waals surface area contributed by atoms with Crippen molar-refractivity contribution in [3.05, 3.63) is 48.5 Å². The zero-order valence-electron chi connectivity index (χ0n) is 15.1. The van der Waals surface area contributed by atoms with Gasteiger partial charge in [0.2, 0.25) is 0 Å². The molecular formula is C21H25N3O2. The number of aliphatic hydroxyl groups is 1. The molecule has 2 aromatic carbocycles. The van der Waals surface area contributed by atoms with Crippen LogP contribution in [0.25, 0.3) is 21.8 Å². The number of aliphatic hydroxyl groups excluding tert-OH is 1. The van der Waals surface area contributed by atoms with Gasteiger partial charge >= 0.3 is 0 Å². The van der Waals surface area contributed by atoms with E-state index in [-0.39, 0.29) is 6.61 Å². The molecule has 26 heavy (non-hydrogen) atoms. The van der Waals surface area contributed by atoms with Gasteiger partial charge in [-0.15, -0.1) is 0 Å². The van der Waals surface area contributed by atoms with Crippen LogP contribution in [-0.4, -0.2) is 72.4 Å². The maximum Gasteiger partial charge on any atom is 0.138 e. The average molecular weight is 351 g/mol. The molecule has 136 valence electrons. The third-order valence-electron chi connectivity index (χ3n) is 5.02. The Balaban J connectivity index is 1.52. The molecule has 2 heterocycles. The Morgan fingerprint density at radius 2 is 1.54 bits per heavy atom. The summed E-state index contributed by atoms with van der Waals surface area (Å²) in [6.07, 6.45) is -0.510. The lowest BCUT2D eigenvalue weighted by atomic mass is 10.1. The molecule has 0 bridgehead atoms. The summed E-state index contributed by atoms with van der Waals surface area (Å²) in [7, 11) is 2.14. The summed E-state index contributed by atoms with van der Waals surface area (Å²) in [4.78, 5) is 9.33. The van der Waals surface area contributed by atoms with Crippen molar-refractivity contribution in [3.63, 3.8) is 0 Å². The van der Waals surface area contributed by atoms with Gasteiger partial charge in [0.05, 0.1) is 11.0 Å². The number of piperazine rings is 1. The second-order valence-electron chi connectivity index (χ2n) is 7.04. The smallest absolute Gasteiger partial charge is 0.138 e. The van der Waals surface area contributed by atoms with Crippen molar-refractivity contribution in [1.82, 2.24) is 14.8 Å². The molecule has 0 saturated carbocycles. The number of hydrogen-bond donors (Lipinski definition) is 1. The van der Waals surface area contributed by atoms with Gasteiger partial charge in [-0.2, -0.15) is 0 Å². The summed E-state index contributed by atoms with van der Waals surface area (Å²) < 4.78 is 6.13. The van der Waals surface area contributed by atoms with Crippen molar-refractivity contribution < 1.29 is 9.84 Å². The van der Waals surface area contributed by atoms with Crippen molar-refractivity contribution in [2.45, 2.75) is 6.10 Å². The highest BCUT2D eigenvalue weighted by atomic mass is 16.5. The number of β-amino-alcohol motifs (C(OH)–C–C–N with tert-alkyl or cyclic N) is 1. The van der Waals surface area contributed by atoms with E-state index in [2.05, 4.69) is 16.8 Å². The van der Waals surface area contributed by atoms with Crippen LogP contribution in [0.1, 0.15) is 0 Å². The van der Waals surface area contributed by atoms with Gasteiger partial charge in [-0.25, -0.2) is 4.98 Å². The fourth-order valence-corrected chi connectivity index (χ4v) is 3.52. The number of benzene rings is 2. The zero-order chi connectivity index (χ0) is 17.9. The minimum atomic E-state index is -0.510. The molecule has 1 N–H and O–H groups in total. The van der Waals surface area contributed by atoms with Gasteiger partial charge < -0.3 is 14.7 Å². The van der Waals surface area contributed by atoms with E-state index < -0.39 is 6.10 Å². The van der Waals surface area contributed by atoms with Crippen LogP contribution < -0.4 is 4.74 Å². The third-order valence-corrected chi connectivity index (χ3v) is 5.02. The van der Waals surface area contributed by atoms with Crippen LogP contribution in [0, 0.1) is 0 Å². The van der Waals surface area contributed by atoms with Crippen molar-refractivity contribution in [3.8, 4) is 5.75 Å². The lowest BCUT2D eigenvalue weighted by molar-refractivity contribution is 0.0512. The van der Waals surface area contributed by atoms with Gasteiger partial charge in [-0.3, -0.25) is 4.90 Å². The van der Waals surface area contributed by atoms with E-state index >= 15 is 0 Å². The SMILES string of the molecule is CN1CCN(CC(O)COc2c3ccccc3nc3ccccc23)CC1. The van der Waals surface area contributed by atoms with Crippen LogP contribution in [0.5, 0.6) is 5.75 Å². The molecule has 3 aromatic rings. The fraction of sp³-hybridized carbons (Fsp3) is 0.381. The van der Waals surface area contributed by atoms with Crippen molar-refractivity contribution in [2.75, 3.05) is 46.4 Å². The van der Waals surface area contributed by atoms with Crippen LogP contribution in [-0.2, 0) is 0 Å². The number of nitrogens with zero attached hydrogens (tertiary/aromatic N) is 3. The number of hydrogen-bond acceptors (Lipinski definition) is 5. The normalized spacial score (nSPS) is 17.6. The summed E-state index contributed by atoms with van der Waals surface area (Å²) in [6.45, 7) is 5.02. The predicted octanol–water partition coefficient (Wildman–Crippen LogP) is 2.38. The second kappa shape index (κ2) is 7.58. The Labute approximate surface area is 153 Å². The van der Waals surface area contributed by atoms with Crippen molar-refractivity contribution in [1.29, 1.82) is 0 Å². The first-order valence-electron chi connectivity index (χ1n) is 9.20. The molecule has 5 heteroatoms. The number of rotatable bonds is 5. The highest BCUT2D eigenvalue weighted by molar-refractivity contribution is 6.00. The van der Waals surface area contributed by atoms with Crippen LogP contribution >= 0.6 is 0 Å². The van der Waals surface area contributed by atoms with E-state index in [0.717, 1.165) is 53.7 Å². The van der Waals surface area contributed by atoms with Crippen LogP contribution in [0.2, 0.25) is 0 Å². The zero-order valence-corrected chi connectivity index (χ0v) is 15.1. The highest BCUT2D eigenvalue weighted by Crippen LogP contribution is 2.32. The van der Waals surface area contributed by atoms with Crippen molar-refractivity contribution >= 4 is 21.8 Å². The largest absolute Gasteiger partial charge is 0.489 e. The molecule has 1 aliphatic heterocycles. The molecule has 1 fully saturated rings. The number of pyridine rings is 1. The molecule has 0 radical (unpaired) electrons. The number of aromatic nitrogens is 1. The maximum atomic E-state index is 10.5. The molecule has 1 aliphatic rings. The summed E-state index contributed by atoms with van der Waals surface area (Å²) in [5.41, 5.74) is 1.82. The Hall–Kier alpha value is -2.21. The molecule has 0 spiro atoms. The van der Waals surface area contributed by atoms with E-state index in [1.54, 1.807) is 0 Å². The lowest BCUT2D eigenvalue weighted by Crippen LogP contribution is -2.47. The minimum Gasteiger partial charge on any atom is -0.489 e. The molecule has 5 nitrogen and oxygen atoms in total. The van der Waals surface area contributed by atoms with E-state index in [1.807, 2.05) is 48.5 Å². The number of para-hydroxylation sites is 2. The van der Waals surface area contributed by atoms with E-state index in [9.17, 15) is 5.11 Å². The first kappa shape index (κ1) is 17.2. The third kappa shape index (κ3) is 3.65. The quantitative estimate of drug-likeness (QED) is 0.715. The Kier molecular flexibility index (Phi) is 5.02. The van der Waals surface area contributed by atoms with Gasteiger partial charge in [0.1, 0.15) is 18.5 Å². The van der Waals surface area contributed by atoms with E-state index in [1.165, 1.54) is 0 Å². The molecule has 4 rings (SSSR count). The van der Waals surface area contributed by atoms with Crippen LogP contribution in [0.15, 0.2) is 48.5 Å². The van der Waals surface area contributed by atoms with Gasteiger partial charge in [0, 0.05) is 43.5 Å². The van der Waals surface area contributed by atoms with E-state index in [0.29, 0.717) is 6.54 Å². The Bertz CT molecular complexity index is 837. The molecule has 1 atom stereocenters. The second-order valence-corrected chi connectivity index (χ2v) is 7.04. The summed E-state index contributed by atoms with van der Waals surface area (Å²) in [5, 5.41) is 12.4. The molecule has 1 unspecified atom stereocenters. The van der Waals surface area contributed by atoms with Crippen molar-refractivity contribution in [2.24, 2.45) is 0 Å².